The van der Waals surface area contributed by atoms with E-state index in [-0.39, 0.29) is 0 Å². The first-order valence-corrected chi connectivity index (χ1v) is 5.65. The molecule has 0 spiro atoms. The third kappa shape index (κ3) is 4.93. The minimum Gasteiger partial charge on any atom is -0.382 e. The highest BCUT2D eigenvalue weighted by molar-refractivity contribution is 5.39. The van der Waals surface area contributed by atoms with Gasteiger partial charge in [-0.25, -0.2) is 4.98 Å². The summed E-state index contributed by atoms with van der Waals surface area (Å²) in [5.41, 5.74) is 6.43. The number of hydrogen-bond donors (Lipinski definition) is 2. The van der Waals surface area contributed by atoms with Crippen molar-refractivity contribution in [2.75, 3.05) is 30.8 Å². The summed E-state index contributed by atoms with van der Waals surface area (Å²) in [6.07, 6.45) is 2.11. The molecule has 0 amide bonds. The molecule has 0 aromatic carbocycles. The van der Waals surface area contributed by atoms with Gasteiger partial charge in [0.1, 0.15) is 5.82 Å². The van der Waals surface area contributed by atoms with E-state index in [4.69, 9.17) is 10.5 Å². The monoisotopic (exact) mass is 224 g/mol. The maximum atomic E-state index is 5.55. The van der Waals surface area contributed by atoms with Gasteiger partial charge in [0.05, 0.1) is 0 Å². The van der Waals surface area contributed by atoms with E-state index in [2.05, 4.69) is 15.3 Å². The molecule has 1 aromatic heterocycles. The van der Waals surface area contributed by atoms with Crippen LogP contribution in [0.5, 0.6) is 0 Å². The van der Waals surface area contributed by atoms with Gasteiger partial charge in [-0.2, -0.15) is 4.98 Å². The number of nitrogens with two attached hydrogens (primary N) is 1. The molecule has 5 heteroatoms. The van der Waals surface area contributed by atoms with Gasteiger partial charge < -0.3 is 15.8 Å². The quantitative estimate of drug-likeness (QED) is 0.688. The van der Waals surface area contributed by atoms with Crippen molar-refractivity contribution in [3.63, 3.8) is 0 Å². The Balaban J connectivity index is 2.21. The molecule has 1 rings (SSSR count). The van der Waals surface area contributed by atoms with E-state index in [0.29, 0.717) is 5.95 Å². The predicted octanol–water partition coefficient (Wildman–Crippen LogP) is 1.60. The molecule has 0 saturated carbocycles. The number of unbranched alkanes of at least 4 members (excludes halogenated alkanes) is 1. The number of anilines is 2. The minimum absolute atomic E-state index is 0.316. The molecular weight excluding hydrogens is 204 g/mol. The lowest BCUT2D eigenvalue weighted by Crippen LogP contribution is -2.07. The van der Waals surface area contributed by atoms with Crippen LogP contribution in [0.4, 0.5) is 11.8 Å². The zero-order valence-electron chi connectivity index (χ0n) is 9.99. The number of nitrogens with zero attached hydrogens (tertiary/aromatic N) is 2. The average molecular weight is 224 g/mol. The van der Waals surface area contributed by atoms with Gasteiger partial charge in [-0.15, -0.1) is 0 Å². The number of aryl methyl sites for hydroxylation is 1. The van der Waals surface area contributed by atoms with E-state index in [1.807, 2.05) is 19.9 Å². The van der Waals surface area contributed by atoms with E-state index in [0.717, 1.165) is 44.1 Å². The van der Waals surface area contributed by atoms with Crippen molar-refractivity contribution in [2.24, 2.45) is 0 Å². The Morgan fingerprint density at radius 2 is 2.19 bits per heavy atom. The van der Waals surface area contributed by atoms with Gasteiger partial charge in [0.15, 0.2) is 0 Å². The summed E-state index contributed by atoms with van der Waals surface area (Å²) in [4.78, 5) is 8.10. The molecule has 0 bridgehead atoms. The first kappa shape index (κ1) is 12.7. The zero-order valence-corrected chi connectivity index (χ0v) is 9.99. The molecule has 0 atom stereocenters. The molecule has 0 aliphatic heterocycles. The van der Waals surface area contributed by atoms with Gasteiger partial charge in [-0.3, -0.25) is 0 Å². The summed E-state index contributed by atoms with van der Waals surface area (Å²) in [6, 6.07) is 1.89. The molecule has 0 saturated heterocycles. The highest BCUT2D eigenvalue weighted by Crippen LogP contribution is 2.07. The zero-order chi connectivity index (χ0) is 11.8. The van der Waals surface area contributed by atoms with Gasteiger partial charge in [0, 0.05) is 31.5 Å². The Morgan fingerprint density at radius 3 is 2.88 bits per heavy atom. The Morgan fingerprint density at radius 1 is 1.38 bits per heavy atom. The van der Waals surface area contributed by atoms with Crippen LogP contribution in [0.1, 0.15) is 25.5 Å². The van der Waals surface area contributed by atoms with Crippen molar-refractivity contribution < 1.29 is 4.74 Å². The van der Waals surface area contributed by atoms with Gasteiger partial charge in [0.2, 0.25) is 5.95 Å². The van der Waals surface area contributed by atoms with E-state index in [1.165, 1.54) is 0 Å². The SMILES string of the molecule is CCOCCCCNc1cc(C)nc(N)n1. The smallest absolute Gasteiger partial charge is 0.222 e. The predicted molar refractivity (Wildman–Crippen MR) is 65.4 cm³/mol. The highest BCUT2D eigenvalue weighted by Gasteiger charge is 1.98. The van der Waals surface area contributed by atoms with Gasteiger partial charge >= 0.3 is 0 Å². The highest BCUT2D eigenvalue weighted by atomic mass is 16.5. The molecule has 0 radical (unpaired) electrons. The Bertz CT molecular complexity index is 297. The second-order valence-electron chi connectivity index (χ2n) is 3.58. The van der Waals surface area contributed by atoms with E-state index < -0.39 is 0 Å². The molecule has 90 valence electrons. The van der Waals surface area contributed by atoms with E-state index in [1.54, 1.807) is 0 Å². The maximum absolute atomic E-state index is 5.55. The normalized spacial score (nSPS) is 10.4. The lowest BCUT2D eigenvalue weighted by Gasteiger charge is -2.06. The fourth-order valence-corrected chi connectivity index (χ4v) is 1.37. The second kappa shape index (κ2) is 7.00. The van der Waals surface area contributed by atoms with Crippen LogP contribution in [0, 0.1) is 6.92 Å². The minimum atomic E-state index is 0.316. The summed E-state index contributed by atoms with van der Waals surface area (Å²) in [6.45, 7) is 6.39. The number of nitrogen functional groups attached to an aromatic ring is 1. The molecular formula is C11H20N4O. The van der Waals surface area contributed by atoms with E-state index >= 15 is 0 Å². The summed E-state index contributed by atoms with van der Waals surface area (Å²) < 4.78 is 5.25. The fourth-order valence-electron chi connectivity index (χ4n) is 1.37. The molecule has 1 heterocycles. The average Bonchev–Trinajstić information content (AvgIpc) is 2.22. The van der Waals surface area contributed by atoms with Crippen LogP contribution in [-0.2, 0) is 4.74 Å². The Kier molecular flexibility index (Phi) is 5.56. The van der Waals surface area contributed by atoms with Crippen LogP contribution in [0.25, 0.3) is 0 Å². The van der Waals surface area contributed by atoms with Crippen LogP contribution in [0.15, 0.2) is 6.07 Å². The van der Waals surface area contributed by atoms with Gasteiger partial charge in [-0.05, 0) is 26.7 Å². The summed E-state index contributed by atoms with van der Waals surface area (Å²) in [5, 5.41) is 3.22. The fraction of sp³-hybridized carbons (Fsp3) is 0.636. The van der Waals surface area contributed by atoms with Crippen molar-refractivity contribution in [1.29, 1.82) is 0 Å². The summed E-state index contributed by atoms with van der Waals surface area (Å²) in [5.74, 6) is 1.11. The first-order valence-electron chi connectivity index (χ1n) is 5.65. The third-order valence-corrected chi connectivity index (χ3v) is 2.10. The van der Waals surface area contributed by atoms with Crippen molar-refractivity contribution in [1.82, 2.24) is 9.97 Å². The number of rotatable bonds is 7. The van der Waals surface area contributed by atoms with E-state index in [9.17, 15) is 0 Å². The van der Waals surface area contributed by atoms with Crippen molar-refractivity contribution in [3.05, 3.63) is 11.8 Å². The molecule has 0 unspecified atom stereocenters. The lowest BCUT2D eigenvalue weighted by molar-refractivity contribution is 0.144. The third-order valence-electron chi connectivity index (χ3n) is 2.10. The molecule has 16 heavy (non-hydrogen) atoms. The molecule has 0 aliphatic carbocycles. The lowest BCUT2D eigenvalue weighted by atomic mass is 10.3. The van der Waals surface area contributed by atoms with Gasteiger partial charge in [0.25, 0.3) is 0 Å². The number of nitrogens with one attached hydrogen (secondary N) is 1. The van der Waals surface area contributed by atoms with Crippen LogP contribution < -0.4 is 11.1 Å². The summed E-state index contributed by atoms with van der Waals surface area (Å²) in [7, 11) is 0. The molecule has 0 fully saturated rings. The molecule has 5 nitrogen and oxygen atoms in total. The Hall–Kier alpha value is -1.36. The van der Waals surface area contributed by atoms with Crippen LogP contribution in [0.2, 0.25) is 0 Å². The number of aromatic nitrogens is 2. The second-order valence-corrected chi connectivity index (χ2v) is 3.58. The summed E-state index contributed by atoms with van der Waals surface area (Å²) >= 11 is 0. The van der Waals surface area contributed by atoms with Gasteiger partial charge in [-0.1, -0.05) is 0 Å². The van der Waals surface area contributed by atoms with Crippen molar-refractivity contribution in [3.8, 4) is 0 Å². The first-order chi connectivity index (χ1) is 7.72. The topological polar surface area (TPSA) is 73.1 Å². The standard InChI is InChI=1S/C11H20N4O/c1-3-16-7-5-4-6-13-10-8-9(2)14-11(12)15-10/h8H,3-7H2,1-2H3,(H3,12,13,14,15). The molecule has 1 aromatic rings. The van der Waals surface area contributed by atoms with Crippen LogP contribution in [-0.4, -0.2) is 29.7 Å². The molecule has 3 N–H and O–H groups in total. The van der Waals surface area contributed by atoms with Crippen LogP contribution >= 0.6 is 0 Å². The number of hydrogen-bond acceptors (Lipinski definition) is 5. The molecule has 0 aliphatic rings. The Labute approximate surface area is 96.4 Å². The van der Waals surface area contributed by atoms with Crippen molar-refractivity contribution in [2.45, 2.75) is 26.7 Å². The largest absolute Gasteiger partial charge is 0.382 e. The van der Waals surface area contributed by atoms with Crippen LogP contribution in [0.3, 0.4) is 0 Å². The maximum Gasteiger partial charge on any atom is 0.222 e. The number of ether oxygens (including phenoxy) is 1. The van der Waals surface area contributed by atoms with Crippen molar-refractivity contribution >= 4 is 11.8 Å².